The van der Waals surface area contributed by atoms with E-state index in [0.29, 0.717) is 5.92 Å². The van der Waals surface area contributed by atoms with Gasteiger partial charge >= 0.3 is 0 Å². The number of hydrogen-bond donors (Lipinski definition) is 1. The number of aryl methyl sites for hydroxylation is 1. The molecule has 2 rings (SSSR count). The van der Waals surface area contributed by atoms with Crippen molar-refractivity contribution >= 4 is 5.69 Å². The molecule has 14 heavy (non-hydrogen) atoms. The molecule has 4 nitrogen and oxygen atoms in total. The molecule has 0 spiro atoms. The molecular weight excluding hydrogens is 178 g/mol. The molecule has 1 aromatic rings. The zero-order valence-electron chi connectivity index (χ0n) is 8.57. The van der Waals surface area contributed by atoms with Crippen molar-refractivity contribution in [3.8, 4) is 0 Å². The van der Waals surface area contributed by atoms with Gasteiger partial charge in [-0.15, -0.1) is 0 Å². The molecule has 1 atom stereocenters. The predicted molar refractivity (Wildman–Crippen MR) is 55.1 cm³/mol. The second-order valence-electron chi connectivity index (χ2n) is 3.79. The maximum absolute atomic E-state index is 5.91. The quantitative estimate of drug-likeness (QED) is 0.792. The third-order valence-corrected chi connectivity index (χ3v) is 2.59. The highest BCUT2D eigenvalue weighted by Crippen LogP contribution is 2.27. The molecular formula is C10H17N3O. The van der Waals surface area contributed by atoms with Gasteiger partial charge in [-0.3, -0.25) is 4.68 Å². The lowest BCUT2D eigenvalue weighted by Gasteiger charge is -2.03. The lowest BCUT2D eigenvalue weighted by atomic mass is 10.0. The van der Waals surface area contributed by atoms with Gasteiger partial charge < -0.3 is 10.5 Å². The zero-order valence-corrected chi connectivity index (χ0v) is 8.57. The van der Waals surface area contributed by atoms with Gasteiger partial charge in [0.15, 0.2) is 0 Å². The zero-order chi connectivity index (χ0) is 9.97. The normalized spacial score (nSPS) is 21.6. The number of nitrogens with zero attached hydrogens (tertiary/aromatic N) is 2. The standard InChI is InChI=1S/C10H17N3O/c1-2-4-13-6-9(11)10(12-13)8-3-5-14-7-8/h6,8H,2-5,7,11H2,1H3. The summed E-state index contributed by atoms with van der Waals surface area (Å²) in [6.45, 7) is 4.69. The average molecular weight is 195 g/mol. The third-order valence-electron chi connectivity index (χ3n) is 2.59. The molecule has 0 bridgehead atoms. The highest BCUT2D eigenvalue weighted by Gasteiger charge is 2.22. The maximum Gasteiger partial charge on any atom is 0.0908 e. The van der Waals surface area contributed by atoms with E-state index in [-0.39, 0.29) is 0 Å². The van der Waals surface area contributed by atoms with Crippen molar-refractivity contribution in [2.75, 3.05) is 18.9 Å². The Morgan fingerprint density at radius 2 is 2.57 bits per heavy atom. The van der Waals surface area contributed by atoms with Crippen LogP contribution in [-0.4, -0.2) is 23.0 Å². The number of rotatable bonds is 3. The molecule has 0 aromatic carbocycles. The summed E-state index contributed by atoms with van der Waals surface area (Å²) in [5.41, 5.74) is 7.75. The fraction of sp³-hybridized carbons (Fsp3) is 0.700. The van der Waals surface area contributed by atoms with Crippen LogP contribution in [0.3, 0.4) is 0 Å². The van der Waals surface area contributed by atoms with Crippen LogP contribution in [0.5, 0.6) is 0 Å². The van der Waals surface area contributed by atoms with E-state index in [1.165, 1.54) is 0 Å². The van der Waals surface area contributed by atoms with Crippen molar-refractivity contribution in [3.63, 3.8) is 0 Å². The van der Waals surface area contributed by atoms with Crippen LogP contribution in [-0.2, 0) is 11.3 Å². The van der Waals surface area contributed by atoms with Gasteiger partial charge in [0, 0.05) is 25.3 Å². The van der Waals surface area contributed by atoms with E-state index >= 15 is 0 Å². The number of nitrogen functional groups attached to an aromatic ring is 1. The van der Waals surface area contributed by atoms with Crippen LogP contribution in [0.4, 0.5) is 5.69 Å². The fourth-order valence-electron chi connectivity index (χ4n) is 1.86. The number of nitrogens with two attached hydrogens (primary N) is 1. The predicted octanol–water partition coefficient (Wildman–Crippen LogP) is 1.38. The highest BCUT2D eigenvalue weighted by atomic mass is 16.5. The SMILES string of the molecule is CCCn1cc(N)c(C2CCOC2)n1. The summed E-state index contributed by atoms with van der Waals surface area (Å²) < 4.78 is 7.26. The minimum absolute atomic E-state index is 0.410. The molecule has 0 amide bonds. The Labute approximate surface area is 84.0 Å². The average Bonchev–Trinajstić information content (AvgIpc) is 2.74. The number of anilines is 1. The van der Waals surface area contributed by atoms with E-state index in [2.05, 4.69) is 12.0 Å². The van der Waals surface area contributed by atoms with E-state index < -0.39 is 0 Å². The molecule has 0 radical (unpaired) electrons. The van der Waals surface area contributed by atoms with Gasteiger partial charge in [0.05, 0.1) is 18.0 Å². The van der Waals surface area contributed by atoms with Crippen molar-refractivity contribution in [1.29, 1.82) is 0 Å². The van der Waals surface area contributed by atoms with Crippen molar-refractivity contribution in [2.24, 2.45) is 0 Å². The molecule has 1 aliphatic heterocycles. The Morgan fingerprint density at radius 3 is 3.21 bits per heavy atom. The molecule has 2 N–H and O–H groups in total. The smallest absolute Gasteiger partial charge is 0.0908 e. The molecule has 4 heteroatoms. The number of ether oxygens (including phenoxy) is 1. The molecule has 0 saturated carbocycles. The van der Waals surface area contributed by atoms with Gasteiger partial charge in [0.2, 0.25) is 0 Å². The third kappa shape index (κ3) is 1.75. The topological polar surface area (TPSA) is 53.1 Å². The molecule has 78 valence electrons. The van der Waals surface area contributed by atoms with Gasteiger partial charge in [-0.2, -0.15) is 5.10 Å². The lowest BCUT2D eigenvalue weighted by Crippen LogP contribution is -2.03. The van der Waals surface area contributed by atoms with Crippen LogP contribution >= 0.6 is 0 Å². The maximum atomic E-state index is 5.91. The number of hydrogen-bond acceptors (Lipinski definition) is 3. The Morgan fingerprint density at radius 1 is 1.71 bits per heavy atom. The van der Waals surface area contributed by atoms with E-state index in [1.807, 2.05) is 10.9 Å². The van der Waals surface area contributed by atoms with E-state index in [1.54, 1.807) is 0 Å². The molecule has 2 heterocycles. The van der Waals surface area contributed by atoms with E-state index in [9.17, 15) is 0 Å². The minimum atomic E-state index is 0.410. The first-order chi connectivity index (χ1) is 6.81. The minimum Gasteiger partial charge on any atom is -0.396 e. The van der Waals surface area contributed by atoms with Gasteiger partial charge in [0.25, 0.3) is 0 Å². The summed E-state index contributed by atoms with van der Waals surface area (Å²) in [6, 6.07) is 0. The fourth-order valence-corrected chi connectivity index (χ4v) is 1.86. The van der Waals surface area contributed by atoms with Gasteiger partial charge in [-0.1, -0.05) is 6.92 Å². The van der Waals surface area contributed by atoms with Crippen LogP contribution < -0.4 is 5.73 Å². The highest BCUT2D eigenvalue weighted by molar-refractivity contribution is 5.43. The van der Waals surface area contributed by atoms with Crippen LogP contribution in [0, 0.1) is 0 Å². The Bertz CT molecular complexity index is 302. The molecule has 1 aliphatic rings. The molecule has 0 aliphatic carbocycles. The molecule has 1 saturated heterocycles. The molecule has 1 aromatic heterocycles. The van der Waals surface area contributed by atoms with E-state index in [0.717, 1.165) is 44.0 Å². The van der Waals surface area contributed by atoms with E-state index in [4.69, 9.17) is 10.5 Å². The van der Waals surface area contributed by atoms with Gasteiger partial charge in [-0.25, -0.2) is 0 Å². The Hall–Kier alpha value is -1.03. The van der Waals surface area contributed by atoms with Gasteiger partial charge in [0.1, 0.15) is 0 Å². The van der Waals surface area contributed by atoms with Crippen molar-refractivity contribution in [3.05, 3.63) is 11.9 Å². The Kier molecular flexibility index (Phi) is 2.72. The molecule has 1 fully saturated rings. The van der Waals surface area contributed by atoms with Crippen LogP contribution in [0.25, 0.3) is 0 Å². The summed E-state index contributed by atoms with van der Waals surface area (Å²) in [4.78, 5) is 0. The summed E-state index contributed by atoms with van der Waals surface area (Å²) in [5.74, 6) is 0.410. The monoisotopic (exact) mass is 195 g/mol. The van der Waals surface area contributed by atoms with Crippen molar-refractivity contribution in [1.82, 2.24) is 9.78 Å². The first-order valence-corrected chi connectivity index (χ1v) is 5.22. The van der Waals surface area contributed by atoms with Crippen LogP contribution in [0.1, 0.15) is 31.4 Å². The van der Waals surface area contributed by atoms with Gasteiger partial charge in [-0.05, 0) is 12.8 Å². The Balaban J connectivity index is 2.15. The first-order valence-electron chi connectivity index (χ1n) is 5.22. The summed E-state index contributed by atoms with van der Waals surface area (Å²) in [7, 11) is 0. The summed E-state index contributed by atoms with van der Waals surface area (Å²) >= 11 is 0. The first kappa shape index (κ1) is 9.52. The second kappa shape index (κ2) is 4.00. The van der Waals surface area contributed by atoms with Crippen molar-refractivity contribution in [2.45, 2.75) is 32.2 Å². The largest absolute Gasteiger partial charge is 0.396 e. The van der Waals surface area contributed by atoms with Crippen LogP contribution in [0.15, 0.2) is 6.20 Å². The van der Waals surface area contributed by atoms with Crippen molar-refractivity contribution < 1.29 is 4.74 Å². The summed E-state index contributed by atoms with van der Waals surface area (Å²) in [6.07, 6.45) is 4.06. The second-order valence-corrected chi connectivity index (χ2v) is 3.79. The van der Waals surface area contributed by atoms with Crippen LogP contribution in [0.2, 0.25) is 0 Å². The lowest BCUT2D eigenvalue weighted by molar-refractivity contribution is 0.193. The number of aromatic nitrogens is 2. The molecule has 1 unspecified atom stereocenters. The summed E-state index contributed by atoms with van der Waals surface area (Å²) in [5, 5.41) is 4.49.